The number of hydrogen-bond acceptors (Lipinski definition) is 2. The van der Waals surface area contributed by atoms with Gasteiger partial charge in [0.25, 0.3) is 5.91 Å². The molecule has 1 amide bonds. The van der Waals surface area contributed by atoms with Gasteiger partial charge in [-0.1, -0.05) is 52.0 Å². The van der Waals surface area contributed by atoms with Crippen LogP contribution in [0.5, 0.6) is 0 Å². The molecule has 0 unspecified atom stereocenters. The Kier molecular flexibility index (Phi) is 5.66. The number of nitrogens with zero attached hydrogens (tertiary/aromatic N) is 1. The van der Waals surface area contributed by atoms with Crippen molar-refractivity contribution >= 4 is 17.3 Å². The van der Waals surface area contributed by atoms with E-state index >= 15 is 0 Å². The SMILES string of the molecule is CC(C)c1cccc(C(C)C)c1NC(=O)c1cccc(N(C)C)c1. The van der Waals surface area contributed by atoms with Crippen molar-refractivity contribution in [3.63, 3.8) is 0 Å². The fourth-order valence-electron chi connectivity index (χ4n) is 2.81. The summed E-state index contributed by atoms with van der Waals surface area (Å²) in [5, 5.41) is 3.17. The summed E-state index contributed by atoms with van der Waals surface area (Å²) in [5.41, 5.74) is 5.01. The van der Waals surface area contributed by atoms with Gasteiger partial charge in [-0.25, -0.2) is 0 Å². The fraction of sp³-hybridized carbons (Fsp3) is 0.381. The highest BCUT2D eigenvalue weighted by molar-refractivity contribution is 6.05. The van der Waals surface area contributed by atoms with Gasteiger partial charge in [-0.2, -0.15) is 0 Å². The molecule has 2 rings (SSSR count). The largest absolute Gasteiger partial charge is 0.378 e. The lowest BCUT2D eigenvalue weighted by Gasteiger charge is -2.20. The summed E-state index contributed by atoms with van der Waals surface area (Å²) >= 11 is 0. The summed E-state index contributed by atoms with van der Waals surface area (Å²) in [6, 6.07) is 14.0. The molecule has 2 aromatic carbocycles. The second-order valence-corrected chi connectivity index (χ2v) is 7.02. The third-order valence-corrected chi connectivity index (χ3v) is 4.24. The molecular formula is C21H28N2O. The zero-order chi connectivity index (χ0) is 17.9. The standard InChI is InChI=1S/C21H28N2O/c1-14(2)18-11-8-12-19(15(3)4)20(18)22-21(24)16-9-7-10-17(13-16)23(5)6/h7-15H,1-6H3,(H,22,24). The third kappa shape index (κ3) is 3.97. The number of para-hydroxylation sites is 1. The van der Waals surface area contributed by atoms with Crippen molar-refractivity contribution in [3.8, 4) is 0 Å². The van der Waals surface area contributed by atoms with Crippen LogP contribution in [0.25, 0.3) is 0 Å². The molecular weight excluding hydrogens is 296 g/mol. The molecule has 3 heteroatoms. The number of hydrogen-bond donors (Lipinski definition) is 1. The number of carbonyl (C=O) groups is 1. The predicted molar refractivity (Wildman–Crippen MR) is 103 cm³/mol. The first kappa shape index (κ1) is 18.1. The van der Waals surface area contributed by atoms with E-state index in [4.69, 9.17) is 0 Å². The molecule has 0 aliphatic rings. The second kappa shape index (κ2) is 7.52. The Hall–Kier alpha value is -2.29. The van der Waals surface area contributed by atoms with Gasteiger partial charge in [0, 0.05) is 31.0 Å². The monoisotopic (exact) mass is 324 g/mol. The Morgan fingerprint density at radius 1 is 0.917 bits per heavy atom. The van der Waals surface area contributed by atoms with Crippen molar-refractivity contribution in [3.05, 3.63) is 59.2 Å². The first-order valence-corrected chi connectivity index (χ1v) is 8.52. The topological polar surface area (TPSA) is 32.3 Å². The van der Waals surface area contributed by atoms with Crippen molar-refractivity contribution in [2.24, 2.45) is 0 Å². The van der Waals surface area contributed by atoms with Crippen molar-refractivity contribution in [1.82, 2.24) is 0 Å². The summed E-state index contributed by atoms with van der Waals surface area (Å²) in [7, 11) is 3.95. The number of anilines is 2. The van der Waals surface area contributed by atoms with Crippen LogP contribution in [-0.4, -0.2) is 20.0 Å². The minimum atomic E-state index is -0.0614. The van der Waals surface area contributed by atoms with E-state index in [1.54, 1.807) is 0 Å². The summed E-state index contributed by atoms with van der Waals surface area (Å²) in [5.74, 6) is 0.646. The Labute approximate surface area is 145 Å². The highest BCUT2D eigenvalue weighted by Crippen LogP contribution is 2.32. The molecule has 128 valence electrons. The van der Waals surface area contributed by atoms with Crippen molar-refractivity contribution in [2.45, 2.75) is 39.5 Å². The molecule has 0 heterocycles. The average Bonchev–Trinajstić information content (AvgIpc) is 2.54. The number of rotatable bonds is 5. The molecule has 0 aliphatic carbocycles. The third-order valence-electron chi connectivity index (χ3n) is 4.24. The summed E-state index contributed by atoms with van der Waals surface area (Å²) in [4.78, 5) is 14.8. The van der Waals surface area contributed by atoms with Crippen LogP contribution in [0, 0.1) is 0 Å². The smallest absolute Gasteiger partial charge is 0.255 e. The molecule has 0 atom stereocenters. The highest BCUT2D eigenvalue weighted by Gasteiger charge is 2.17. The van der Waals surface area contributed by atoms with Gasteiger partial charge in [-0.3, -0.25) is 4.79 Å². The van der Waals surface area contributed by atoms with Crippen LogP contribution >= 0.6 is 0 Å². The van der Waals surface area contributed by atoms with Crippen LogP contribution in [-0.2, 0) is 0 Å². The van der Waals surface area contributed by atoms with E-state index < -0.39 is 0 Å². The molecule has 0 fully saturated rings. The molecule has 2 aromatic rings. The molecule has 1 N–H and O–H groups in total. The maximum Gasteiger partial charge on any atom is 0.255 e. The molecule has 0 aromatic heterocycles. The second-order valence-electron chi connectivity index (χ2n) is 7.02. The van der Waals surface area contributed by atoms with E-state index in [-0.39, 0.29) is 5.91 Å². The van der Waals surface area contributed by atoms with Gasteiger partial charge in [0.15, 0.2) is 0 Å². The quantitative estimate of drug-likeness (QED) is 0.814. The Morgan fingerprint density at radius 2 is 1.46 bits per heavy atom. The van der Waals surface area contributed by atoms with E-state index in [1.165, 1.54) is 11.1 Å². The van der Waals surface area contributed by atoms with Crippen LogP contribution in [0.4, 0.5) is 11.4 Å². The molecule has 0 spiro atoms. The molecule has 3 nitrogen and oxygen atoms in total. The Balaban J connectivity index is 2.40. The van der Waals surface area contributed by atoms with Gasteiger partial charge in [0.2, 0.25) is 0 Å². The van der Waals surface area contributed by atoms with E-state index in [0.29, 0.717) is 17.4 Å². The van der Waals surface area contributed by atoms with E-state index in [9.17, 15) is 4.79 Å². The lowest BCUT2D eigenvalue weighted by molar-refractivity contribution is 0.102. The van der Waals surface area contributed by atoms with Gasteiger partial charge in [0.1, 0.15) is 0 Å². The van der Waals surface area contributed by atoms with Gasteiger partial charge in [0.05, 0.1) is 0 Å². The number of carbonyl (C=O) groups excluding carboxylic acids is 1. The number of amides is 1. The predicted octanol–water partition coefficient (Wildman–Crippen LogP) is 5.25. The number of nitrogens with one attached hydrogen (secondary N) is 1. The summed E-state index contributed by atoms with van der Waals surface area (Å²) < 4.78 is 0. The summed E-state index contributed by atoms with van der Waals surface area (Å²) in [6.45, 7) is 8.62. The van der Waals surface area contributed by atoms with Crippen LogP contribution in [0.1, 0.15) is 61.0 Å². The zero-order valence-corrected chi connectivity index (χ0v) is 15.6. The van der Waals surface area contributed by atoms with Gasteiger partial charge in [-0.05, 0) is 41.2 Å². The first-order chi connectivity index (χ1) is 11.3. The maximum atomic E-state index is 12.8. The van der Waals surface area contributed by atoms with Gasteiger partial charge < -0.3 is 10.2 Å². The Bertz CT molecular complexity index is 691. The van der Waals surface area contributed by atoms with E-state index in [1.807, 2.05) is 43.3 Å². The number of benzene rings is 2. The minimum Gasteiger partial charge on any atom is -0.378 e. The lowest BCUT2D eigenvalue weighted by atomic mass is 9.92. The molecule has 0 bridgehead atoms. The molecule has 0 aliphatic heterocycles. The first-order valence-electron chi connectivity index (χ1n) is 8.52. The highest BCUT2D eigenvalue weighted by atomic mass is 16.1. The van der Waals surface area contributed by atoms with Gasteiger partial charge >= 0.3 is 0 Å². The lowest BCUT2D eigenvalue weighted by Crippen LogP contribution is -2.17. The maximum absolute atomic E-state index is 12.8. The van der Waals surface area contributed by atoms with E-state index in [0.717, 1.165) is 11.4 Å². The Morgan fingerprint density at radius 3 is 1.96 bits per heavy atom. The van der Waals surface area contributed by atoms with Crippen molar-refractivity contribution in [1.29, 1.82) is 0 Å². The molecule has 24 heavy (non-hydrogen) atoms. The fourth-order valence-corrected chi connectivity index (χ4v) is 2.81. The van der Waals surface area contributed by atoms with Crippen molar-refractivity contribution < 1.29 is 4.79 Å². The molecule has 0 saturated carbocycles. The van der Waals surface area contributed by atoms with Gasteiger partial charge in [-0.15, -0.1) is 0 Å². The van der Waals surface area contributed by atoms with Crippen LogP contribution in [0.15, 0.2) is 42.5 Å². The average molecular weight is 324 g/mol. The van der Waals surface area contributed by atoms with Crippen LogP contribution in [0.3, 0.4) is 0 Å². The van der Waals surface area contributed by atoms with Crippen LogP contribution < -0.4 is 10.2 Å². The molecule has 0 saturated heterocycles. The van der Waals surface area contributed by atoms with Crippen molar-refractivity contribution in [2.75, 3.05) is 24.3 Å². The van der Waals surface area contributed by atoms with E-state index in [2.05, 4.69) is 51.2 Å². The van der Waals surface area contributed by atoms with Crippen LogP contribution in [0.2, 0.25) is 0 Å². The summed E-state index contributed by atoms with van der Waals surface area (Å²) in [6.07, 6.45) is 0. The molecule has 0 radical (unpaired) electrons. The normalized spacial score (nSPS) is 11.0. The zero-order valence-electron chi connectivity index (χ0n) is 15.6. The minimum absolute atomic E-state index is 0.0614.